The number of rotatable bonds is 8. The minimum atomic E-state index is -1.07. The van der Waals surface area contributed by atoms with Crippen molar-refractivity contribution in [3.8, 4) is 5.75 Å². The van der Waals surface area contributed by atoms with Crippen LogP contribution in [0.2, 0.25) is 0 Å². The first kappa shape index (κ1) is 29.6. The number of halogens is 1. The Morgan fingerprint density at radius 3 is 2.36 bits per heavy atom. The zero-order chi connectivity index (χ0) is 29.9. The molecule has 0 fully saturated rings. The second kappa shape index (κ2) is 14.3. The summed E-state index contributed by atoms with van der Waals surface area (Å²) in [7, 11) is 0. The molecule has 0 atom stereocenters. The minimum Gasteiger partial charge on any atom is -0.423 e. The number of aryl methyl sites for hydroxylation is 1. The molecule has 0 saturated carbocycles. The summed E-state index contributed by atoms with van der Waals surface area (Å²) in [6.07, 6.45) is 4.16. The van der Waals surface area contributed by atoms with Crippen LogP contribution >= 0.6 is 15.9 Å². The molecule has 0 aromatic heterocycles. The first-order valence-electron chi connectivity index (χ1n) is 12.6. The number of hydrazone groups is 1. The summed E-state index contributed by atoms with van der Waals surface area (Å²) in [5.41, 5.74) is 5.23. The van der Waals surface area contributed by atoms with Crippen LogP contribution in [0.5, 0.6) is 5.75 Å². The Bertz CT molecular complexity index is 1690. The van der Waals surface area contributed by atoms with Crippen LogP contribution < -0.4 is 20.8 Å². The lowest BCUT2D eigenvalue weighted by Crippen LogP contribution is -2.33. The average molecular weight is 625 g/mol. The lowest BCUT2D eigenvalue weighted by molar-refractivity contribution is -0.136. The molecule has 9 nitrogen and oxygen atoms in total. The van der Waals surface area contributed by atoms with E-state index in [0.717, 1.165) is 11.1 Å². The number of esters is 1. The number of hydrogen-bond acceptors (Lipinski definition) is 6. The molecule has 10 heteroatoms. The predicted molar refractivity (Wildman–Crippen MR) is 165 cm³/mol. The van der Waals surface area contributed by atoms with Crippen LogP contribution in [0.3, 0.4) is 0 Å². The maximum Gasteiger partial charge on any atom is 0.336 e. The van der Waals surface area contributed by atoms with Gasteiger partial charge in [-0.15, -0.1) is 0 Å². The molecule has 3 N–H and O–H groups in total. The average Bonchev–Trinajstić information content (AvgIpc) is 2.98. The molecule has 0 unspecified atom stereocenters. The van der Waals surface area contributed by atoms with Crippen LogP contribution in [0.25, 0.3) is 6.08 Å². The molecule has 0 radical (unpaired) electrons. The highest BCUT2D eigenvalue weighted by molar-refractivity contribution is 9.10. The van der Waals surface area contributed by atoms with Gasteiger partial charge in [-0.05, 0) is 66.6 Å². The molecule has 3 amide bonds. The summed E-state index contributed by atoms with van der Waals surface area (Å²) in [6, 6.07) is 27.7. The second-order valence-corrected chi connectivity index (χ2v) is 9.79. The van der Waals surface area contributed by atoms with Gasteiger partial charge in [-0.2, -0.15) is 5.10 Å². The van der Waals surface area contributed by atoms with Crippen molar-refractivity contribution in [2.24, 2.45) is 5.10 Å². The van der Waals surface area contributed by atoms with Gasteiger partial charge in [-0.1, -0.05) is 70.5 Å². The Morgan fingerprint density at radius 2 is 1.57 bits per heavy atom. The van der Waals surface area contributed by atoms with Gasteiger partial charge in [-0.25, -0.2) is 10.2 Å². The number of amides is 3. The topological polar surface area (TPSA) is 126 Å². The third-order valence-electron chi connectivity index (χ3n) is 5.67. The van der Waals surface area contributed by atoms with E-state index in [4.69, 9.17) is 4.74 Å². The standard InChI is InChI=1S/C32H25BrN4O5/c1-21-8-7-11-25(18-21)35-30(39)26-12-5-6-13-27(26)36-31(40)32(41)37-34-20-23-19-24(33)15-16-28(23)42-29(38)17-14-22-9-3-2-4-10-22/h2-20H,1H3,(H,35,39)(H,36,40)(H,37,41)/b17-14+,34-20-. The number of carbonyl (C=O) groups excluding carboxylic acids is 4. The zero-order valence-corrected chi connectivity index (χ0v) is 23.9. The van der Waals surface area contributed by atoms with E-state index in [2.05, 4.69) is 37.1 Å². The Balaban J connectivity index is 1.38. The molecule has 0 aliphatic heterocycles. The van der Waals surface area contributed by atoms with E-state index in [-0.39, 0.29) is 17.0 Å². The summed E-state index contributed by atoms with van der Waals surface area (Å²) < 4.78 is 6.10. The number of para-hydroxylation sites is 1. The van der Waals surface area contributed by atoms with Gasteiger partial charge in [0.1, 0.15) is 5.75 Å². The molecule has 0 heterocycles. The van der Waals surface area contributed by atoms with Gasteiger partial charge in [0, 0.05) is 21.8 Å². The Kier molecular flexibility index (Phi) is 10.1. The van der Waals surface area contributed by atoms with Crippen LogP contribution in [0.15, 0.2) is 113 Å². The molecule has 0 bridgehead atoms. The first-order valence-corrected chi connectivity index (χ1v) is 13.4. The number of carbonyl (C=O) groups is 4. The number of nitrogens with zero attached hydrogens (tertiary/aromatic N) is 1. The lowest BCUT2D eigenvalue weighted by Gasteiger charge is -2.11. The Hall–Kier alpha value is -5.35. The van der Waals surface area contributed by atoms with Crippen LogP contribution in [-0.2, 0) is 14.4 Å². The van der Waals surface area contributed by atoms with Gasteiger partial charge >= 0.3 is 17.8 Å². The van der Waals surface area contributed by atoms with Gasteiger partial charge < -0.3 is 15.4 Å². The highest BCUT2D eigenvalue weighted by Crippen LogP contribution is 2.22. The fourth-order valence-corrected chi connectivity index (χ4v) is 4.06. The van der Waals surface area contributed by atoms with Gasteiger partial charge in [0.15, 0.2) is 0 Å². The van der Waals surface area contributed by atoms with Crippen molar-refractivity contribution in [3.63, 3.8) is 0 Å². The van der Waals surface area contributed by atoms with Crippen molar-refractivity contribution in [2.75, 3.05) is 10.6 Å². The van der Waals surface area contributed by atoms with Crippen molar-refractivity contribution in [1.29, 1.82) is 0 Å². The molecule has 0 saturated heterocycles. The summed E-state index contributed by atoms with van der Waals surface area (Å²) in [5, 5.41) is 9.05. The second-order valence-electron chi connectivity index (χ2n) is 8.87. The van der Waals surface area contributed by atoms with Gasteiger partial charge in [0.25, 0.3) is 5.91 Å². The highest BCUT2D eigenvalue weighted by Gasteiger charge is 2.18. The lowest BCUT2D eigenvalue weighted by atomic mass is 10.1. The number of hydrogen-bond donors (Lipinski definition) is 3. The fraction of sp³-hybridized carbons (Fsp3) is 0.0312. The van der Waals surface area contributed by atoms with Crippen molar-refractivity contribution < 1.29 is 23.9 Å². The summed E-state index contributed by atoms with van der Waals surface area (Å²) in [4.78, 5) is 50.2. The number of ether oxygens (including phenoxy) is 1. The SMILES string of the molecule is Cc1cccc(NC(=O)c2ccccc2NC(=O)C(=O)N/N=C\c2cc(Br)ccc2OC(=O)/C=C/c2ccccc2)c1. The van der Waals surface area contributed by atoms with Crippen LogP contribution in [-0.4, -0.2) is 29.9 Å². The van der Waals surface area contributed by atoms with Crippen LogP contribution in [0.4, 0.5) is 11.4 Å². The minimum absolute atomic E-state index is 0.150. The molecule has 4 rings (SSSR count). The molecule has 4 aromatic carbocycles. The number of benzene rings is 4. The molecule has 42 heavy (non-hydrogen) atoms. The monoisotopic (exact) mass is 624 g/mol. The molecule has 0 aliphatic rings. The van der Waals surface area contributed by atoms with E-state index in [9.17, 15) is 19.2 Å². The normalized spacial score (nSPS) is 10.8. The van der Waals surface area contributed by atoms with Gasteiger partial charge in [0.2, 0.25) is 0 Å². The van der Waals surface area contributed by atoms with E-state index in [1.165, 1.54) is 24.4 Å². The van der Waals surface area contributed by atoms with Crippen molar-refractivity contribution in [2.45, 2.75) is 6.92 Å². The number of anilines is 2. The van der Waals surface area contributed by atoms with E-state index in [1.54, 1.807) is 42.5 Å². The maximum absolute atomic E-state index is 12.8. The summed E-state index contributed by atoms with van der Waals surface area (Å²) in [5.74, 6) is -2.97. The summed E-state index contributed by atoms with van der Waals surface area (Å²) >= 11 is 3.35. The smallest absolute Gasteiger partial charge is 0.336 e. The molecule has 210 valence electrons. The summed E-state index contributed by atoms with van der Waals surface area (Å²) in [6.45, 7) is 1.90. The maximum atomic E-state index is 12.8. The van der Waals surface area contributed by atoms with Gasteiger partial charge in [-0.3, -0.25) is 14.4 Å². The molecule has 4 aromatic rings. The quantitative estimate of drug-likeness (QED) is 0.0577. The van der Waals surface area contributed by atoms with Gasteiger partial charge in [0.05, 0.1) is 17.5 Å². The molecule has 0 aliphatic carbocycles. The first-order chi connectivity index (χ1) is 20.3. The largest absolute Gasteiger partial charge is 0.423 e. The van der Waals surface area contributed by atoms with Crippen molar-refractivity contribution in [1.82, 2.24) is 5.43 Å². The van der Waals surface area contributed by atoms with E-state index < -0.39 is 23.7 Å². The predicted octanol–water partition coefficient (Wildman–Crippen LogP) is 5.72. The van der Waals surface area contributed by atoms with Crippen LogP contribution in [0.1, 0.15) is 27.0 Å². The molecular formula is C32H25BrN4O5. The van der Waals surface area contributed by atoms with E-state index in [1.807, 2.05) is 55.5 Å². The molecular weight excluding hydrogens is 600 g/mol. The van der Waals surface area contributed by atoms with E-state index in [0.29, 0.717) is 15.7 Å². The zero-order valence-electron chi connectivity index (χ0n) is 22.3. The number of nitrogens with one attached hydrogen (secondary N) is 3. The third kappa shape index (κ3) is 8.57. The third-order valence-corrected chi connectivity index (χ3v) is 6.16. The Labute approximate surface area is 250 Å². The van der Waals surface area contributed by atoms with Crippen molar-refractivity contribution >= 4 is 63.3 Å². The highest BCUT2D eigenvalue weighted by atomic mass is 79.9. The fourth-order valence-electron chi connectivity index (χ4n) is 3.69. The van der Waals surface area contributed by atoms with E-state index >= 15 is 0 Å². The Morgan fingerprint density at radius 1 is 0.810 bits per heavy atom. The van der Waals surface area contributed by atoms with Crippen molar-refractivity contribution in [3.05, 3.63) is 130 Å². The molecule has 0 spiro atoms. The van der Waals surface area contributed by atoms with Crippen LogP contribution in [0, 0.1) is 6.92 Å².